The molecule has 0 aromatic heterocycles. The van der Waals surface area contributed by atoms with Gasteiger partial charge in [0.2, 0.25) is 11.8 Å². The van der Waals surface area contributed by atoms with Crippen molar-refractivity contribution >= 4 is 17.5 Å². The SMILES string of the molecule is COCCN(CCO)C(=O)Cc1ccc(NC(C)=O)cc1. The van der Waals surface area contributed by atoms with Gasteiger partial charge in [-0.15, -0.1) is 0 Å². The average Bonchev–Trinajstić information content (AvgIpc) is 2.45. The fourth-order valence-corrected chi connectivity index (χ4v) is 1.88. The van der Waals surface area contributed by atoms with Crippen LogP contribution in [0.3, 0.4) is 0 Å². The van der Waals surface area contributed by atoms with Crippen molar-refractivity contribution in [2.45, 2.75) is 13.3 Å². The number of rotatable bonds is 8. The van der Waals surface area contributed by atoms with Crippen LogP contribution in [0.4, 0.5) is 5.69 Å². The molecule has 1 aromatic carbocycles. The van der Waals surface area contributed by atoms with Crippen molar-refractivity contribution in [3.63, 3.8) is 0 Å². The Bertz CT molecular complexity index is 459. The first-order chi connectivity index (χ1) is 10.1. The summed E-state index contributed by atoms with van der Waals surface area (Å²) in [6.45, 7) is 2.57. The summed E-state index contributed by atoms with van der Waals surface area (Å²) in [5.41, 5.74) is 1.56. The molecule has 0 saturated carbocycles. The lowest BCUT2D eigenvalue weighted by Gasteiger charge is -2.21. The van der Waals surface area contributed by atoms with Crippen LogP contribution in [0, 0.1) is 0 Å². The molecular formula is C15H22N2O4. The van der Waals surface area contributed by atoms with Crippen molar-refractivity contribution in [1.29, 1.82) is 0 Å². The Morgan fingerprint density at radius 3 is 2.43 bits per heavy atom. The lowest BCUT2D eigenvalue weighted by Crippen LogP contribution is -2.37. The number of hydrogen-bond donors (Lipinski definition) is 2. The minimum Gasteiger partial charge on any atom is -0.395 e. The smallest absolute Gasteiger partial charge is 0.227 e. The first-order valence-corrected chi connectivity index (χ1v) is 6.81. The summed E-state index contributed by atoms with van der Waals surface area (Å²) in [7, 11) is 1.57. The van der Waals surface area contributed by atoms with E-state index in [9.17, 15) is 9.59 Å². The van der Waals surface area contributed by atoms with Crippen LogP contribution >= 0.6 is 0 Å². The van der Waals surface area contributed by atoms with Crippen LogP contribution in [0.5, 0.6) is 0 Å². The quantitative estimate of drug-likeness (QED) is 0.738. The van der Waals surface area contributed by atoms with Crippen molar-refractivity contribution in [3.8, 4) is 0 Å². The van der Waals surface area contributed by atoms with E-state index in [0.717, 1.165) is 5.56 Å². The van der Waals surface area contributed by atoms with Gasteiger partial charge < -0.3 is 20.1 Å². The summed E-state index contributed by atoms with van der Waals surface area (Å²) in [4.78, 5) is 24.7. The van der Waals surface area contributed by atoms with Crippen LogP contribution in [0.1, 0.15) is 12.5 Å². The molecule has 0 bridgehead atoms. The van der Waals surface area contributed by atoms with Gasteiger partial charge in [-0.25, -0.2) is 0 Å². The van der Waals surface area contributed by atoms with Gasteiger partial charge in [0.15, 0.2) is 0 Å². The van der Waals surface area contributed by atoms with E-state index in [2.05, 4.69) is 5.32 Å². The Balaban J connectivity index is 2.60. The van der Waals surface area contributed by atoms with E-state index in [1.807, 2.05) is 0 Å². The largest absolute Gasteiger partial charge is 0.395 e. The molecule has 0 heterocycles. The van der Waals surface area contributed by atoms with Gasteiger partial charge in [0, 0.05) is 32.8 Å². The zero-order valence-electron chi connectivity index (χ0n) is 12.5. The number of aliphatic hydroxyl groups is 1. The fourth-order valence-electron chi connectivity index (χ4n) is 1.88. The van der Waals surface area contributed by atoms with Gasteiger partial charge in [-0.1, -0.05) is 12.1 Å². The zero-order valence-corrected chi connectivity index (χ0v) is 12.5. The highest BCUT2D eigenvalue weighted by molar-refractivity contribution is 5.88. The number of carbonyl (C=O) groups is 2. The number of benzene rings is 1. The molecule has 0 aliphatic carbocycles. The van der Waals surface area contributed by atoms with Gasteiger partial charge in [-0.3, -0.25) is 9.59 Å². The Morgan fingerprint density at radius 2 is 1.90 bits per heavy atom. The third-order valence-electron chi connectivity index (χ3n) is 2.92. The van der Waals surface area contributed by atoms with Crippen molar-refractivity contribution < 1.29 is 19.4 Å². The number of nitrogens with zero attached hydrogens (tertiary/aromatic N) is 1. The number of hydrogen-bond acceptors (Lipinski definition) is 4. The Morgan fingerprint density at radius 1 is 1.24 bits per heavy atom. The first-order valence-electron chi connectivity index (χ1n) is 6.81. The highest BCUT2D eigenvalue weighted by atomic mass is 16.5. The Hall–Kier alpha value is -1.92. The average molecular weight is 294 g/mol. The monoisotopic (exact) mass is 294 g/mol. The van der Waals surface area contributed by atoms with Crippen molar-refractivity contribution in [3.05, 3.63) is 29.8 Å². The summed E-state index contributed by atoms with van der Waals surface area (Å²) in [5.74, 6) is -0.194. The number of nitrogens with one attached hydrogen (secondary N) is 1. The molecule has 116 valence electrons. The van der Waals surface area contributed by atoms with E-state index in [1.165, 1.54) is 6.92 Å². The minimum absolute atomic E-state index is 0.0617. The van der Waals surface area contributed by atoms with Gasteiger partial charge in [0.25, 0.3) is 0 Å². The lowest BCUT2D eigenvalue weighted by atomic mass is 10.1. The van der Waals surface area contributed by atoms with Gasteiger partial charge in [-0.05, 0) is 17.7 Å². The van der Waals surface area contributed by atoms with Gasteiger partial charge >= 0.3 is 0 Å². The second kappa shape index (κ2) is 9.10. The van der Waals surface area contributed by atoms with Crippen LogP contribution < -0.4 is 5.32 Å². The Labute approximate surface area is 124 Å². The standard InChI is InChI=1S/C15H22N2O4/c1-12(19)16-14-5-3-13(4-6-14)11-15(20)17(7-9-18)8-10-21-2/h3-6,18H,7-11H2,1-2H3,(H,16,19). The normalized spacial score (nSPS) is 10.2. The number of aliphatic hydroxyl groups excluding tert-OH is 1. The fraction of sp³-hybridized carbons (Fsp3) is 0.467. The molecule has 0 spiro atoms. The minimum atomic E-state index is -0.132. The van der Waals surface area contributed by atoms with Gasteiger partial charge in [0.1, 0.15) is 0 Å². The maximum atomic E-state index is 12.2. The molecule has 0 unspecified atom stereocenters. The molecule has 0 radical (unpaired) electrons. The summed E-state index contributed by atoms with van der Waals surface area (Å²) < 4.78 is 4.96. The predicted octanol–water partition coefficient (Wildman–Crippen LogP) is 0.655. The van der Waals surface area contributed by atoms with Crippen LogP contribution in [0.15, 0.2) is 24.3 Å². The van der Waals surface area contributed by atoms with Gasteiger partial charge in [0.05, 0.1) is 19.6 Å². The zero-order chi connectivity index (χ0) is 15.7. The molecular weight excluding hydrogens is 272 g/mol. The molecule has 0 aliphatic rings. The second-order valence-electron chi connectivity index (χ2n) is 4.65. The molecule has 21 heavy (non-hydrogen) atoms. The van der Waals surface area contributed by atoms with Crippen LogP contribution in [-0.4, -0.2) is 55.2 Å². The molecule has 0 saturated heterocycles. The van der Waals surface area contributed by atoms with E-state index in [-0.39, 0.29) is 24.8 Å². The van der Waals surface area contributed by atoms with Crippen molar-refractivity contribution in [2.75, 3.05) is 38.7 Å². The predicted molar refractivity (Wildman–Crippen MR) is 80.0 cm³/mol. The maximum Gasteiger partial charge on any atom is 0.227 e. The number of carbonyl (C=O) groups excluding carboxylic acids is 2. The molecule has 1 aromatic rings. The molecule has 0 aliphatic heterocycles. The molecule has 0 fully saturated rings. The van der Waals surface area contributed by atoms with E-state index in [1.54, 1.807) is 36.3 Å². The number of amides is 2. The maximum absolute atomic E-state index is 12.2. The van der Waals surface area contributed by atoms with Crippen LogP contribution in [-0.2, 0) is 20.7 Å². The number of ether oxygens (including phenoxy) is 1. The molecule has 6 nitrogen and oxygen atoms in total. The third-order valence-corrected chi connectivity index (χ3v) is 2.92. The molecule has 1 rings (SSSR count). The van der Waals surface area contributed by atoms with E-state index in [4.69, 9.17) is 9.84 Å². The molecule has 2 N–H and O–H groups in total. The summed E-state index contributed by atoms with van der Waals surface area (Å²) in [6, 6.07) is 7.12. The van der Waals surface area contributed by atoms with E-state index >= 15 is 0 Å². The number of anilines is 1. The lowest BCUT2D eigenvalue weighted by molar-refractivity contribution is -0.131. The summed E-state index contributed by atoms with van der Waals surface area (Å²) >= 11 is 0. The molecule has 6 heteroatoms. The van der Waals surface area contributed by atoms with Gasteiger partial charge in [-0.2, -0.15) is 0 Å². The van der Waals surface area contributed by atoms with Crippen molar-refractivity contribution in [2.24, 2.45) is 0 Å². The summed E-state index contributed by atoms with van der Waals surface area (Å²) in [5, 5.41) is 11.7. The number of methoxy groups -OCH3 is 1. The highest BCUT2D eigenvalue weighted by Gasteiger charge is 2.13. The van der Waals surface area contributed by atoms with E-state index < -0.39 is 0 Å². The van der Waals surface area contributed by atoms with Crippen LogP contribution in [0.25, 0.3) is 0 Å². The van der Waals surface area contributed by atoms with E-state index in [0.29, 0.717) is 25.4 Å². The first kappa shape index (κ1) is 17.1. The van der Waals surface area contributed by atoms with Crippen LogP contribution in [0.2, 0.25) is 0 Å². The second-order valence-corrected chi connectivity index (χ2v) is 4.65. The third kappa shape index (κ3) is 6.37. The topological polar surface area (TPSA) is 78.9 Å². The molecule has 2 amide bonds. The highest BCUT2D eigenvalue weighted by Crippen LogP contribution is 2.11. The van der Waals surface area contributed by atoms with Crippen molar-refractivity contribution in [1.82, 2.24) is 4.90 Å². The Kier molecular flexibility index (Phi) is 7.42. The summed E-state index contributed by atoms with van der Waals surface area (Å²) in [6.07, 6.45) is 0.254. The molecule has 0 atom stereocenters.